The summed E-state index contributed by atoms with van der Waals surface area (Å²) in [5.74, 6) is -1.25. The average molecular weight is 461 g/mol. The molecule has 0 aliphatic rings. The number of hydrogen-bond donors (Lipinski definition) is 0. The smallest absolute Gasteiger partial charge is 0.338 e. The fourth-order valence-electron chi connectivity index (χ4n) is 3.11. The number of rotatable bonds is 8. The maximum atomic E-state index is 12.4. The van der Waals surface area contributed by atoms with E-state index in [1.807, 2.05) is 17.6 Å². The Balaban J connectivity index is 1.79. The van der Waals surface area contributed by atoms with Gasteiger partial charge in [-0.05, 0) is 37.6 Å². The molecule has 1 aromatic heterocycles. The monoisotopic (exact) mass is 460 g/mol. The molecule has 0 unspecified atom stereocenters. The van der Waals surface area contributed by atoms with Crippen molar-refractivity contribution in [2.45, 2.75) is 32.6 Å². The van der Waals surface area contributed by atoms with Crippen molar-refractivity contribution in [1.82, 2.24) is 4.57 Å². The van der Waals surface area contributed by atoms with Crippen LogP contribution < -0.4 is 4.80 Å². The maximum Gasteiger partial charge on any atom is 0.338 e. The van der Waals surface area contributed by atoms with Gasteiger partial charge in [-0.25, -0.2) is 13.2 Å². The number of ether oxygens (including phenoxy) is 1. The maximum absolute atomic E-state index is 12.4. The SMILES string of the molecule is CCOC(=O)c1ccc2c(c1)sc(=NC(=O)CCS(=O)(=O)Cc1ccccc1)n2CC. The number of hydrogen-bond acceptors (Lipinski definition) is 6. The summed E-state index contributed by atoms with van der Waals surface area (Å²) in [5, 5.41) is 0. The lowest BCUT2D eigenvalue weighted by Crippen LogP contribution is -2.18. The van der Waals surface area contributed by atoms with Crippen molar-refractivity contribution in [2.75, 3.05) is 12.4 Å². The van der Waals surface area contributed by atoms with E-state index in [0.717, 1.165) is 10.2 Å². The van der Waals surface area contributed by atoms with E-state index in [0.29, 0.717) is 29.1 Å². The molecule has 0 atom stereocenters. The third-order valence-electron chi connectivity index (χ3n) is 4.59. The fourth-order valence-corrected chi connectivity index (χ4v) is 5.59. The highest BCUT2D eigenvalue weighted by Gasteiger charge is 2.15. The van der Waals surface area contributed by atoms with Crippen LogP contribution in [-0.4, -0.2) is 37.2 Å². The number of carbonyl (C=O) groups excluding carboxylic acids is 2. The lowest BCUT2D eigenvalue weighted by molar-refractivity contribution is -0.117. The highest BCUT2D eigenvalue weighted by Crippen LogP contribution is 2.20. The highest BCUT2D eigenvalue weighted by molar-refractivity contribution is 7.90. The molecule has 2 aromatic carbocycles. The Labute approximate surface area is 184 Å². The third-order valence-corrected chi connectivity index (χ3v) is 7.23. The summed E-state index contributed by atoms with van der Waals surface area (Å²) in [7, 11) is -3.42. The van der Waals surface area contributed by atoms with E-state index in [-0.39, 0.29) is 17.9 Å². The number of nitrogens with zero attached hydrogens (tertiary/aromatic N) is 2. The number of benzene rings is 2. The number of aryl methyl sites for hydroxylation is 1. The van der Waals surface area contributed by atoms with Gasteiger partial charge in [-0.1, -0.05) is 41.7 Å². The first-order chi connectivity index (χ1) is 14.8. The predicted molar refractivity (Wildman–Crippen MR) is 121 cm³/mol. The number of carbonyl (C=O) groups is 2. The zero-order valence-corrected chi connectivity index (χ0v) is 19.0. The van der Waals surface area contributed by atoms with Gasteiger partial charge >= 0.3 is 5.97 Å². The van der Waals surface area contributed by atoms with Gasteiger partial charge in [0.1, 0.15) is 0 Å². The van der Waals surface area contributed by atoms with Crippen LogP contribution in [0.4, 0.5) is 0 Å². The summed E-state index contributed by atoms with van der Waals surface area (Å²) in [4.78, 5) is 29.0. The molecule has 0 N–H and O–H groups in total. The molecule has 0 spiro atoms. The molecule has 3 rings (SSSR count). The van der Waals surface area contributed by atoms with Crippen LogP contribution in [0.15, 0.2) is 53.5 Å². The molecular formula is C22H24N2O5S2. The van der Waals surface area contributed by atoms with E-state index in [2.05, 4.69) is 4.99 Å². The highest BCUT2D eigenvalue weighted by atomic mass is 32.2. The van der Waals surface area contributed by atoms with Gasteiger partial charge in [0.15, 0.2) is 14.6 Å². The van der Waals surface area contributed by atoms with E-state index in [1.54, 1.807) is 49.4 Å². The first-order valence-corrected chi connectivity index (χ1v) is 12.6. The minimum Gasteiger partial charge on any atom is -0.462 e. The van der Waals surface area contributed by atoms with Gasteiger partial charge in [-0.2, -0.15) is 4.99 Å². The van der Waals surface area contributed by atoms with Crippen LogP contribution in [0.25, 0.3) is 10.2 Å². The summed E-state index contributed by atoms with van der Waals surface area (Å²) in [5.41, 5.74) is 1.98. The Kier molecular flexibility index (Phi) is 7.40. The Morgan fingerprint density at radius 2 is 1.84 bits per heavy atom. The standard InChI is InChI=1S/C22H24N2O5S2/c1-3-24-18-11-10-17(21(26)29-4-2)14-19(18)30-22(24)23-20(25)12-13-31(27,28)15-16-8-6-5-7-9-16/h5-11,14H,3-4,12-13,15H2,1-2H3. The molecular weight excluding hydrogens is 436 g/mol. The summed E-state index contributed by atoms with van der Waals surface area (Å²) in [6.45, 7) is 4.55. The van der Waals surface area contributed by atoms with E-state index in [4.69, 9.17) is 4.74 Å². The van der Waals surface area contributed by atoms with E-state index < -0.39 is 21.7 Å². The van der Waals surface area contributed by atoms with Crippen molar-refractivity contribution < 1.29 is 22.7 Å². The van der Waals surface area contributed by atoms with Crippen LogP contribution in [0.3, 0.4) is 0 Å². The molecule has 0 bridgehead atoms. The number of amides is 1. The molecule has 0 saturated carbocycles. The largest absolute Gasteiger partial charge is 0.462 e. The molecule has 7 nitrogen and oxygen atoms in total. The second-order valence-corrected chi connectivity index (χ2v) is 10.1. The zero-order chi connectivity index (χ0) is 22.4. The molecule has 9 heteroatoms. The number of thiazole rings is 1. The number of esters is 1. The molecule has 0 aliphatic carbocycles. The second-order valence-electron chi connectivity index (χ2n) is 6.87. The topological polar surface area (TPSA) is 94.8 Å². The Morgan fingerprint density at radius 3 is 2.52 bits per heavy atom. The van der Waals surface area contributed by atoms with Crippen molar-refractivity contribution in [3.8, 4) is 0 Å². The zero-order valence-electron chi connectivity index (χ0n) is 17.4. The number of aromatic nitrogens is 1. The molecule has 3 aromatic rings. The van der Waals surface area contributed by atoms with Crippen LogP contribution in [0.2, 0.25) is 0 Å². The Hall–Kier alpha value is -2.78. The van der Waals surface area contributed by atoms with E-state index in [9.17, 15) is 18.0 Å². The van der Waals surface area contributed by atoms with Crippen LogP contribution >= 0.6 is 11.3 Å². The number of fused-ring (bicyclic) bond motifs is 1. The van der Waals surface area contributed by atoms with Gasteiger partial charge in [-0.15, -0.1) is 0 Å². The fraction of sp³-hybridized carbons (Fsp3) is 0.318. The minimum absolute atomic E-state index is 0.102. The van der Waals surface area contributed by atoms with E-state index in [1.165, 1.54) is 11.3 Å². The molecule has 0 saturated heterocycles. The van der Waals surface area contributed by atoms with Crippen molar-refractivity contribution in [2.24, 2.45) is 4.99 Å². The van der Waals surface area contributed by atoms with Crippen LogP contribution in [0.5, 0.6) is 0 Å². The molecule has 0 aliphatic heterocycles. The average Bonchev–Trinajstić information content (AvgIpc) is 3.09. The lowest BCUT2D eigenvalue weighted by atomic mass is 10.2. The Bertz CT molecular complexity index is 1260. The molecule has 1 amide bonds. The van der Waals surface area contributed by atoms with Crippen molar-refractivity contribution in [3.63, 3.8) is 0 Å². The molecule has 164 valence electrons. The summed E-state index contributed by atoms with van der Waals surface area (Å²) < 4.78 is 32.4. The van der Waals surface area contributed by atoms with Crippen molar-refractivity contribution in [1.29, 1.82) is 0 Å². The normalized spacial score (nSPS) is 12.3. The van der Waals surface area contributed by atoms with Crippen molar-refractivity contribution >= 4 is 43.3 Å². The lowest BCUT2D eigenvalue weighted by Gasteiger charge is -2.04. The van der Waals surface area contributed by atoms with Crippen LogP contribution in [0.1, 0.15) is 36.2 Å². The summed E-state index contributed by atoms with van der Waals surface area (Å²) in [6.07, 6.45) is -0.179. The number of sulfone groups is 1. The third kappa shape index (κ3) is 5.89. The molecule has 0 radical (unpaired) electrons. The minimum atomic E-state index is -3.42. The van der Waals surface area contributed by atoms with Gasteiger partial charge in [0, 0.05) is 13.0 Å². The first-order valence-electron chi connectivity index (χ1n) is 9.95. The Morgan fingerprint density at radius 1 is 1.10 bits per heavy atom. The second kappa shape index (κ2) is 10.0. The van der Waals surface area contributed by atoms with Gasteiger partial charge in [0.05, 0.1) is 33.9 Å². The first kappa shape index (κ1) is 22.9. The summed E-state index contributed by atoms with van der Waals surface area (Å²) >= 11 is 1.28. The quantitative estimate of drug-likeness (QED) is 0.481. The van der Waals surface area contributed by atoms with Gasteiger partial charge in [0.2, 0.25) is 5.91 Å². The van der Waals surface area contributed by atoms with Gasteiger partial charge in [0.25, 0.3) is 0 Å². The molecule has 0 fully saturated rings. The van der Waals surface area contributed by atoms with Crippen molar-refractivity contribution in [3.05, 3.63) is 64.5 Å². The molecule has 1 heterocycles. The predicted octanol–water partition coefficient (Wildman–Crippen LogP) is 3.33. The van der Waals surface area contributed by atoms with E-state index >= 15 is 0 Å². The summed E-state index contributed by atoms with van der Waals surface area (Å²) in [6, 6.07) is 14.1. The van der Waals surface area contributed by atoms with Crippen LogP contribution in [0, 0.1) is 0 Å². The van der Waals surface area contributed by atoms with Crippen LogP contribution in [-0.2, 0) is 31.7 Å². The van der Waals surface area contributed by atoms with Gasteiger partial charge in [-0.3, -0.25) is 4.79 Å². The van der Waals surface area contributed by atoms with Gasteiger partial charge < -0.3 is 9.30 Å². The molecule has 31 heavy (non-hydrogen) atoms.